The summed E-state index contributed by atoms with van der Waals surface area (Å²) in [5.74, 6) is 0.359. The quantitative estimate of drug-likeness (QED) is 0.0535. The molecule has 0 bridgehead atoms. The first-order chi connectivity index (χ1) is 42.1. The molecule has 0 aliphatic rings. The molecule has 0 radical (unpaired) electrons. The SMILES string of the molecule is CNC(=O)CCOC.CNC(=O)CCOC.CNC(=O)COC.CNC(=O)COC.CNC(=O)NC.CNC(=O)OC.CNC(=O)OC.CNC(C)=O.CNC(C)=O.COC(=O)OC.COCC(C)=O.COCC(C)=O.COCCC(C)=O.COCCC(C)=O. The molecular formula is C54H118N10O26. The van der Waals surface area contributed by atoms with Crippen LogP contribution in [0.2, 0.25) is 0 Å². The Bertz CT molecular complexity index is 1510. The summed E-state index contributed by atoms with van der Waals surface area (Å²) in [7, 11) is 33.1. The van der Waals surface area contributed by atoms with Crippen molar-refractivity contribution in [2.75, 3.05) is 209 Å². The van der Waals surface area contributed by atoms with Crippen LogP contribution in [0.15, 0.2) is 0 Å². The predicted octanol–water partition coefficient (Wildman–Crippen LogP) is -0.644. The third kappa shape index (κ3) is 216. The number of ether oxygens (including phenoxy) is 12. The van der Waals surface area contributed by atoms with E-state index in [1.165, 1.54) is 98.7 Å². The van der Waals surface area contributed by atoms with Gasteiger partial charge in [0.1, 0.15) is 38.0 Å². The maximum absolute atomic E-state index is 10.4. The minimum absolute atomic E-state index is 0.00463. The Labute approximate surface area is 534 Å². The highest BCUT2D eigenvalue weighted by Gasteiger charge is 1.95. The van der Waals surface area contributed by atoms with Gasteiger partial charge in [-0.1, -0.05) is 0 Å². The summed E-state index contributed by atoms with van der Waals surface area (Å²) in [6.45, 7) is 11.9. The van der Waals surface area contributed by atoms with E-state index >= 15 is 0 Å². The van der Waals surface area contributed by atoms with E-state index in [9.17, 15) is 67.1 Å². The van der Waals surface area contributed by atoms with Crippen LogP contribution in [-0.4, -0.2) is 292 Å². The van der Waals surface area contributed by atoms with Crippen molar-refractivity contribution in [1.82, 2.24) is 53.2 Å². The van der Waals surface area contributed by atoms with Gasteiger partial charge in [-0.05, 0) is 27.7 Å². The summed E-state index contributed by atoms with van der Waals surface area (Å²) in [6, 6.07) is -0.157. The predicted molar refractivity (Wildman–Crippen MR) is 338 cm³/mol. The molecule has 0 saturated carbocycles. The van der Waals surface area contributed by atoms with Crippen molar-refractivity contribution < 1.29 is 124 Å². The fraction of sp³-hybridized carbons (Fsp3) is 0.741. The fourth-order valence-electron chi connectivity index (χ4n) is 2.36. The Hall–Kier alpha value is -7.74. The van der Waals surface area contributed by atoms with Crippen LogP contribution in [0.25, 0.3) is 0 Å². The van der Waals surface area contributed by atoms with Crippen LogP contribution in [0.1, 0.15) is 67.2 Å². The Morgan fingerprint density at radius 3 is 0.522 bits per heavy atom. The average Bonchev–Trinajstić information content (AvgIpc) is 3.53. The van der Waals surface area contributed by atoms with Crippen LogP contribution in [0.4, 0.5) is 19.2 Å². The Balaban J connectivity index is -0.0000000577. The smallest absolute Gasteiger partial charge is 0.453 e. The number of nitrogens with one attached hydrogen (secondary N) is 10. The van der Waals surface area contributed by atoms with Gasteiger partial charge in [-0.2, -0.15) is 0 Å². The number of methoxy groups -OCH3 is 12. The number of hydrogen-bond donors (Lipinski definition) is 10. The van der Waals surface area contributed by atoms with Crippen LogP contribution in [-0.2, 0) is 105 Å². The lowest BCUT2D eigenvalue weighted by Gasteiger charge is -1.95. The Kier molecular flexibility index (Phi) is 146. The van der Waals surface area contributed by atoms with Crippen LogP contribution in [0.3, 0.4) is 0 Å². The Morgan fingerprint density at radius 1 is 0.244 bits per heavy atom. The molecule has 0 heterocycles. The third-order valence-electron chi connectivity index (χ3n) is 7.02. The molecule has 0 rings (SSSR count). The van der Waals surface area contributed by atoms with E-state index in [-0.39, 0.29) is 91.0 Å². The second-order valence-electron chi connectivity index (χ2n) is 14.8. The first-order valence-electron chi connectivity index (χ1n) is 26.2. The second kappa shape index (κ2) is 112. The minimum Gasteiger partial charge on any atom is -0.453 e. The van der Waals surface area contributed by atoms with Gasteiger partial charge < -0.3 is 110 Å². The minimum atomic E-state index is -0.657. The summed E-state index contributed by atoms with van der Waals surface area (Å²) in [5, 5.41) is 23.8. The molecule has 0 aliphatic carbocycles. The topological polar surface area (TPSA) is 470 Å². The Morgan fingerprint density at radius 2 is 0.467 bits per heavy atom. The van der Waals surface area contributed by atoms with Gasteiger partial charge in [-0.3, -0.25) is 47.9 Å². The number of amides is 10. The first-order valence-corrected chi connectivity index (χ1v) is 26.2. The normalized spacial score (nSPS) is 7.96. The maximum atomic E-state index is 10.4. The van der Waals surface area contributed by atoms with Crippen molar-refractivity contribution in [3.63, 3.8) is 0 Å². The molecular weight excluding hydrogens is 1200 g/mol. The lowest BCUT2D eigenvalue weighted by Crippen LogP contribution is -2.28. The fourth-order valence-corrected chi connectivity index (χ4v) is 2.36. The molecule has 0 spiro atoms. The molecule has 0 atom stereocenters. The molecule has 0 fully saturated rings. The van der Waals surface area contributed by atoms with Crippen LogP contribution < -0.4 is 53.2 Å². The number of likely N-dealkylation sites (N-methyl/N-ethyl adjacent to an activating group) is 2. The molecule has 540 valence electrons. The van der Waals surface area contributed by atoms with Crippen molar-refractivity contribution in [3.8, 4) is 0 Å². The summed E-state index contributed by atoms with van der Waals surface area (Å²) in [4.78, 5) is 140. The second-order valence-corrected chi connectivity index (χ2v) is 14.8. The van der Waals surface area contributed by atoms with Gasteiger partial charge >= 0.3 is 24.4 Å². The molecule has 36 nitrogen and oxygen atoms in total. The zero-order chi connectivity index (χ0) is 74.1. The number of Topliss-reactive ketones (excluding diaryl/α,β-unsaturated/α-hetero) is 4. The highest BCUT2D eigenvalue weighted by atomic mass is 16.7. The third-order valence-corrected chi connectivity index (χ3v) is 7.02. The van der Waals surface area contributed by atoms with Crippen molar-refractivity contribution in [1.29, 1.82) is 0 Å². The molecule has 90 heavy (non-hydrogen) atoms. The van der Waals surface area contributed by atoms with E-state index in [1.54, 1.807) is 98.7 Å². The molecule has 36 heteroatoms. The summed E-state index contributed by atoms with van der Waals surface area (Å²) in [6.07, 6.45) is 0.507. The molecule has 0 aliphatic heterocycles. The molecule has 0 unspecified atom stereocenters. The molecule has 0 aromatic carbocycles. The van der Waals surface area contributed by atoms with Gasteiger partial charge in [0.25, 0.3) is 0 Å². The van der Waals surface area contributed by atoms with E-state index in [2.05, 4.69) is 110 Å². The first kappa shape index (κ1) is 117. The summed E-state index contributed by atoms with van der Waals surface area (Å²) < 4.78 is 52.8. The van der Waals surface area contributed by atoms with Gasteiger partial charge in [0.05, 0.1) is 54.9 Å². The number of alkyl carbamates (subject to hydrolysis) is 2. The van der Waals surface area contributed by atoms with Gasteiger partial charge in [0.15, 0.2) is 11.6 Å². The lowest BCUT2D eigenvalue weighted by atomic mass is 10.3. The van der Waals surface area contributed by atoms with Crippen LogP contribution >= 0.6 is 0 Å². The van der Waals surface area contributed by atoms with Crippen molar-refractivity contribution in [2.45, 2.75) is 67.2 Å². The number of rotatable bonds is 20. The number of carbonyl (C=O) groups is 14. The van der Waals surface area contributed by atoms with E-state index in [0.29, 0.717) is 52.1 Å². The highest BCUT2D eigenvalue weighted by molar-refractivity contribution is 5.78. The largest absolute Gasteiger partial charge is 0.507 e. The van der Waals surface area contributed by atoms with Gasteiger partial charge in [-0.15, -0.1) is 0 Å². The zero-order valence-electron chi connectivity index (χ0n) is 59.1. The van der Waals surface area contributed by atoms with E-state index in [1.807, 2.05) is 0 Å². The number of carbonyl (C=O) groups excluding carboxylic acids is 14. The maximum Gasteiger partial charge on any atom is 0.507 e. The number of urea groups is 1. The van der Waals surface area contributed by atoms with Crippen molar-refractivity contribution in [3.05, 3.63) is 0 Å². The summed E-state index contributed by atoms with van der Waals surface area (Å²) in [5.41, 5.74) is 0. The van der Waals surface area contributed by atoms with Crippen LogP contribution in [0, 0.1) is 0 Å². The zero-order valence-corrected chi connectivity index (χ0v) is 59.1. The van der Waals surface area contributed by atoms with E-state index in [0.717, 1.165) is 0 Å². The average molecular weight is 1320 g/mol. The lowest BCUT2D eigenvalue weighted by molar-refractivity contribution is -0.124. The molecule has 0 aromatic heterocycles. The molecule has 0 aromatic rings. The number of hydrogen-bond acceptors (Lipinski definition) is 26. The van der Waals surface area contributed by atoms with Crippen LogP contribution in [0.5, 0.6) is 0 Å². The molecule has 10 N–H and O–H groups in total. The summed E-state index contributed by atoms with van der Waals surface area (Å²) >= 11 is 0. The van der Waals surface area contributed by atoms with Crippen molar-refractivity contribution in [2.24, 2.45) is 0 Å². The van der Waals surface area contributed by atoms with Gasteiger partial charge in [-0.25, -0.2) is 19.2 Å². The highest BCUT2D eigenvalue weighted by Crippen LogP contribution is 1.81. The van der Waals surface area contributed by atoms with Gasteiger partial charge in [0.2, 0.25) is 35.4 Å². The number of ketones is 4. The molecule has 10 amide bonds. The van der Waals surface area contributed by atoms with E-state index in [4.69, 9.17) is 0 Å². The standard InChI is InChI=1S/2C5H11NO2.2C5H10O2.2C4H9NO2.2C4H8O2.C3H8N2O.2C3H7NO2.2C3H7NO.C3H6O3/c2*1-6-5(7)3-4-8-2;2*1-5(6)3-4-7-2;2*1-5-4(6)3-7-2;2*1-4(5)3-6-2;1-4-3(6)5-2;2*1-4-3(5)6-2;2*1-3(5)4-2;1-5-3(4)6-2/h2*3-4H2,1-2H3,(H,6,7);2*3-4H2,1-2H3;2*3H2,1-2H3,(H,5,6);2*3H2,1-2H3;1-2H3,(H2,4,5,6);2*1-2H3,(H,4,5);2*1-2H3,(H,4,5);1-2H3. The molecule has 0 saturated heterocycles. The monoisotopic (exact) mass is 1320 g/mol. The van der Waals surface area contributed by atoms with Crippen molar-refractivity contribution >= 4 is 82.9 Å². The van der Waals surface area contributed by atoms with E-state index < -0.39 is 18.3 Å². The van der Waals surface area contributed by atoms with Gasteiger partial charge in [0, 0.05) is 167 Å².